The van der Waals surface area contributed by atoms with E-state index in [9.17, 15) is 13.2 Å². The van der Waals surface area contributed by atoms with Crippen LogP contribution in [0.1, 0.15) is 6.92 Å². The van der Waals surface area contributed by atoms with Gasteiger partial charge in [-0.25, -0.2) is 8.42 Å². The van der Waals surface area contributed by atoms with Gasteiger partial charge in [-0.1, -0.05) is 6.07 Å². The number of carbonyl (C=O) groups is 1. The summed E-state index contributed by atoms with van der Waals surface area (Å²) in [6.07, 6.45) is 0. The van der Waals surface area contributed by atoms with Crippen LogP contribution < -0.4 is 14.8 Å². The maximum atomic E-state index is 12.3. The minimum Gasteiger partial charge on any atom is -0.497 e. The van der Waals surface area contributed by atoms with Crippen molar-refractivity contribution >= 4 is 27.3 Å². The molecule has 0 aromatic heterocycles. The zero-order valence-corrected chi connectivity index (χ0v) is 13.0. The Labute approximate surface area is 129 Å². The average Bonchev–Trinajstić information content (AvgIpc) is 2.47. The summed E-state index contributed by atoms with van der Waals surface area (Å²) in [6, 6.07) is 12.6. The molecule has 0 saturated heterocycles. The number of hydrogen-bond acceptors (Lipinski definition) is 4. The Balaban J connectivity index is 2.23. The lowest BCUT2D eigenvalue weighted by molar-refractivity contribution is -0.114. The first-order chi connectivity index (χ1) is 10.4. The fourth-order valence-electron chi connectivity index (χ4n) is 1.82. The molecule has 0 unspecified atom stereocenters. The molecule has 0 heterocycles. The van der Waals surface area contributed by atoms with Gasteiger partial charge in [-0.2, -0.15) is 0 Å². The van der Waals surface area contributed by atoms with Crippen LogP contribution in [0.2, 0.25) is 0 Å². The third-order valence-corrected chi connectivity index (χ3v) is 4.19. The summed E-state index contributed by atoms with van der Waals surface area (Å²) in [6.45, 7) is 1.36. The third kappa shape index (κ3) is 3.98. The number of methoxy groups -OCH3 is 1. The Morgan fingerprint density at radius 3 is 2.32 bits per heavy atom. The van der Waals surface area contributed by atoms with Gasteiger partial charge in [0.2, 0.25) is 5.91 Å². The molecule has 0 spiro atoms. The Hall–Kier alpha value is -2.54. The van der Waals surface area contributed by atoms with Crippen molar-refractivity contribution in [2.24, 2.45) is 0 Å². The van der Waals surface area contributed by atoms with Crippen LogP contribution >= 0.6 is 0 Å². The van der Waals surface area contributed by atoms with Crippen molar-refractivity contribution in [3.8, 4) is 5.75 Å². The minimum absolute atomic E-state index is 0.0644. The van der Waals surface area contributed by atoms with E-state index in [1.54, 1.807) is 36.4 Å². The molecule has 0 bridgehead atoms. The van der Waals surface area contributed by atoms with E-state index < -0.39 is 10.0 Å². The highest BCUT2D eigenvalue weighted by atomic mass is 32.2. The summed E-state index contributed by atoms with van der Waals surface area (Å²) >= 11 is 0. The van der Waals surface area contributed by atoms with Crippen molar-refractivity contribution < 1.29 is 17.9 Å². The summed E-state index contributed by atoms with van der Waals surface area (Å²) in [5.41, 5.74) is 0.843. The number of nitrogens with one attached hydrogen (secondary N) is 2. The largest absolute Gasteiger partial charge is 0.497 e. The summed E-state index contributed by atoms with van der Waals surface area (Å²) in [7, 11) is -2.20. The highest BCUT2D eigenvalue weighted by Gasteiger charge is 2.15. The summed E-state index contributed by atoms with van der Waals surface area (Å²) in [4.78, 5) is 11.1. The number of benzene rings is 2. The molecule has 0 saturated carbocycles. The minimum atomic E-state index is -3.73. The van der Waals surface area contributed by atoms with Crippen LogP contribution in [0.4, 0.5) is 11.4 Å². The molecule has 116 valence electrons. The van der Waals surface area contributed by atoms with Crippen molar-refractivity contribution in [2.45, 2.75) is 11.8 Å². The number of ether oxygens (including phenoxy) is 1. The number of carbonyl (C=O) groups excluding carboxylic acids is 1. The van der Waals surface area contributed by atoms with Gasteiger partial charge in [-0.05, 0) is 42.5 Å². The van der Waals surface area contributed by atoms with E-state index in [4.69, 9.17) is 4.74 Å². The van der Waals surface area contributed by atoms with E-state index in [-0.39, 0.29) is 10.8 Å². The maximum Gasteiger partial charge on any atom is 0.261 e. The van der Waals surface area contributed by atoms with Gasteiger partial charge in [-0.15, -0.1) is 0 Å². The number of hydrogen-bond donors (Lipinski definition) is 2. The zero-order chi connectivity index (χ0) is 16.2. The van der Waals surface area contributed by atoms with Gasteiger partial charge in [0.1, 0.15) is 5.75 Å². The molecule has 2 rings (SSSR count). The Morgan fingerprint density at radius 1 is 1.05 bits per heavy atom. The van der Waals surface area contributed by atoms with Crippen LogP contribution in [-0.4, -0.2) is 21.4 Å². The monoisotopic (exact) mass is 320 g/mol. The van der Waals surface area contributed by atoms with E-state index >= 15 is 0 Å². The van der Waals surface area contributed by atoms with Crippen LogP contribution in [0.25, 0.3) is 0 Å². The van der Waals surface area contributed by atoms with Crippen LogP contribution in [0.15, 0.2) is 53.4 Å². The summed E-state index contributed by atoms with van der Waals surface area (Å²) < 4.78 is 32.2. The van der Waals surface area contributed by atoms with E-state index in [1.165, 1.54) is 26.2 Å². The predicted molar refractivity (Wildman–Crippen MR) is 84.5 cm³/mol. The standard InChI is InChI=1S/C15H16N2O4S/c1-11(18)16-13-4-3-5-15(10-13)22(19,20)17-12-6-8-14(21-2)9-7-12/h3-10,17H,1-2H3,(H,16,18). The molecule has 2 aromatic carbocycles. The van der Waals surface area contributed by atoms with Crippen LogP contribution in [-0.2, 0) is 14.8 Å². The van der Waals surface area contributed by atoms with E-state index in [0.717, 1.165) is 0 Å². The van der Waals surface area contributed by atoms with Gasteiger partial charge in [0.05, 0.1) is 12.0 Å². The molecule has 0 aliphatic carbocycles. The van der Waals surface area contributed by atoms with Crippen molar-refractivity contribution in [3.05, 3.63) is 48.5 Å². The van der Waals surface area contributed by atoms with Gasteiger partial charge in [0.25, 0.3) is 10.0 Å². The van der Waals surface area contributed by atoms with Gasteiger partial charge < -0.3 is 10.1 Å². The molecule has 7 heteroatoms. The molecular weight excluding hydrogens is 304 g/mol. The van der Waals surface area contributed by atoms with Crippen molar-refractivity contribution in [3.63, 3.8) is 0 Å². The van der Waals surface area contributed by atoms with E-state index in [1.807, 2.05) is 0 Å². The van der Waals surface area contributed by atoms with E-state index in [2.05, 4.69) is 10.0 Å². The number of rotatable bonds is 5. The van der Waals surface area contributed by atoms with Gasteiger partial charge in [0, 0.05) is 18.3 Å². The second-order valence-electron chi connectivity index (χ2n) is 4.54. The average molecular weight is 320 g/mol. The van der Waals surface area contributed by atoms with Crippen LogP contribution in [0, 0.1) is 0 Å². The van der Waals surface area contributed by atoms with Gasteiger partial charge in [0.15, 0.2) is 0 Å². The lowest BCUT2D eigenvalue weighted by Gasteiger charge is -2.10. The number of anilines is 2. The Bertz CT molecular complexity index is 770. The van der Waals surface area contributed by atoms with Gasteiger partial charge >= 0.3 is 0 Å². The predicted octanol–water partition coefficient (Wildman–Crippen LogP) is 2.45. The first-order valence-electron chi connectivity index (χ1n) is 6.45. The SMILES string of the molecule is COc1ccc(NS(=O)(=O)c2cccc(NC(C)=O)c2)cc1. The molecule has 2 N–H and O–H groups in total. The molecular formula is C15H16N2O4S. The topological polar surface area (TPSA) is 84.5 Å². The molecule has 0 atom stereocenters. The van der Waals surface area contributed by atoms with Crippen molar-refractivity contribution in [1.82, 2.24) is 0 Å². The second-order valence-corrected chi connectivity index (χ2v) is 6.23. The normalized spacial score (nSPS) is 10.8. The fraction of sp³-hybridized carbons (Fsp3) is 0.133. The van der Waals surface area contributed by atoms with Crippen LogP contribution in [0.3, 0.4) is 0 Å². The smallest absolute Gasteiger partial charge is 0.261 e. The molecule has 0 radical (unpaired) electrons. The molecule has 22 heavy (non-hydrogen) atoms. The first-order valence-corrected chi connectivity index (χ1v) is 7.93. The maximum absolute atomic E-state index is 12.3. The molecule has 1 amide bonds. The highest BCUT2D eigenvalue weighted by molar-refractivity contribution is 7.92. The number of amides is 1. The molecule has 0 fully saturated rings. The first kappa shape index (κ1) is 15.8. The van der Waals surface area contributed by atoms with Crippen LogP contribution in [0.5, 0.6) is 5.75 Å². The second kappa shape index (κ2) is 6.48. The van der Waals surface area contributed by atoms with E-state index in [0.29, 0.717) is 17.1 Å². The zero-order valence-electron chi connectivity index (χ0n) is 12.2. The molecule has 0 aliphatic heterocycles. The van der Waals surface area contributed by atoms with Crippen molar-refractivity contribution in [1.29, 1.82) is 0 Å². The fourth-order valence-corrected chi connectivity index (χ4v) is 2.92. The lowest BCUT2D eigenvalue weighted by atomic mass is 10.3. The summed E-state index contributed by atoms with van der Waals surface area (Å²) in [5, 5.41) is 2.55. The Morgan fingerprint density at radius 2 is 1.73 bits per heavy atom. The van der Waals surface area contributed by atoms with Gasteiger partial charge in [-0.3, -0.25) is 9.52 Å². The Kier molecular flexibility index (Phi) is 4.67. The highest BCUT2D eigenvalue weighted by Crippen LogP contribution is 2.21. The molecule has 0 aliphatic rings. The molecule has 6 nitrogen and oxygen atoms in total. The molecule has 2 aromatic rings. The third-order valence-electron chi connectivity index (χ3n) is 2.81. The van der Waals surface area contributed by atoms with Crippen molar-refractivity contribution in [2.75, 3.05) is 17.1 Å². The quantitative estimate of drug-likeness (QED) is 0.886. The number of sulfonamides is 1. The lowest BCUT2D eigenvalue weighted by Crippen LogP contribution is -2.13. The summed E-state index contributed by atoms with van der Waals surface area (Å²) in [5.74, 6) is 0.369.